The van der Waals surface area contributed by atoms with E-state index in [2.05, 4.69) is 20.3 Å². The molecule has 13 heteroatoms. The van der Waals surface area contributed by atoms with Crippen molar-refractivity contribution in [1.29, 1.82) is 5.41 Å². The highest BCUT2D eigenvalue weighted by atomic mass is 32.2. The van der Waals surface area contributed by atoms with Crippen LogP contribution in [-0.2, 0) is 16.4 Å². The Balaban J connectivity index is 1.39. The van der Waals surface area contributed by atoms with Crippen LogP contribution in [0, 0.1) is 26.2 Å². The lowest BCUT2D eigenvalue weighted by Gasteiger charge is -2.35. The number of aromatic nitrogens is 1. The molecule has 1 amide bonds. The number of Topliss-reactive ketones (excluding diaryl/α,β-unsaturated/α-hetero) is 1. The average molecular weight is 602 g/mol. The number of hydrogen-bond acceptors (Lipinski definition) is 8. The van der Waals surface area contributed by atoms with Crippen molar-refractivity contribution in [2.75, 3.05) is 6.54 Å². The highest BCUT2D eigenvalue weighted by molar-refractivity contribution is 7.90. The van der Waals surface area contributed by atoms with E-state index in [1.807, 2.05) is 39.0 Å². The molecular formula is C28H35N5O6S2. The molecule has 0 saturated heterocycles. The van der Waals surface area contributed by atoms with Gasteiger partial charge in [0.15, 0.2) is 5.01 Å². The summed E-state index contributed by atoms with van der Waals surface area (Å²) in [7, 11) is -4.08. The predicted octanol–water partition coefficient (Wildman–Crippen LogP) is 4.43. The van der Waals surface area contributed by atoms with Gasteiger partial charge in [0.25, 0.3) is 10.0 Å². The van der Waals surface area contributed by atoms with Crippen LogP contribution in [0.3, 0.4) is 0 Å². The predicted molar refractivity (Wildman–Crippen MR) is 158 cm³/mol. The van der Waals surface area contributed by atoms with Crippen LogP contribution < -0.4 is 20.1 Å². The number of guanidine groups is 1. The van der Waals surface area contributed by atoms with Crippen LogP contribution in [0.25, 0.3) is 10.2 Å². The van der Waals surface area contributed by atoms with Crippen LogP contribution in [0.5, 0.6) is 5.75 Å². The molecule has 1 aliphatic heterocycles. The fourth-order valence-corrected chi connectivity index (χ4v) is 7.52. The number of para-hydroxylation sites is 1. The largest absolute Gasteiger partial charge is 0.487 e. The smallest absolute Gasteiger partial charge is 0.405 e. The SMILES string of the molecule is Cc1c(C)c(S(=O)(=O)NC(=N)NCCC[C@H](NC(=O)O)C(=O)c2nc3ccccc3s2)c(C)c2c1OC(C)(C)CC2. The number of carboxylic acid groups (broad SMARTS) is 1. The van der Waals surface area contributed by atoms with Crippen molar-refractivity contribution in [2.24, 2.45) is 0 Å². The average Bonchev–Trinajstić information content (AvgIpc) is 3.32. The first-order chi connectivity index (χ1) is 19.2. The zero-order chi connectivity index (χ0) is 30.1. The van der Waals surface area contributed by atoms with E-state index >= 15 is 0 Å². The van der Waals surface area contributed by atoms with Crippen molar-refractivity contribution in [3.63, 3.8) is 0 Å². The number of nitrogens with zero attached hydrogens (tertiary/aromatic N) is 1. The number of carbonyl (C=O) groups excluding carboxylic acids is 1. The lowest BCUT2D eigenvalue weighted by atomic mass is 9.88. The molecule has 0 aliphatic carbocycles. The van der Waals surface area contributed by atoms with Crippen LogP contribution in [0.4, 0.5) is 4.79 Å². The number of thiazole rings is 1. The Kier molecular flexibility index (Phi) is 8.59. The van der Waals surface area contributed by atoms with Crippen LogP contribution in [-0.4, -0.2) is 54.5 Å². The molecule has 1 aliphatic rings. The number of amides is 1. The second kappa shape index (κ2) is 11.6. The maximum atomic E-state index is 13.4. The number of ketones is 1. The zero-order valence-electron chi connectivity index (χ0n) is 23.7. The molecule has 4 rings (SSSR count). The van der Waals surface area contributed by atoms with Gasteiger partial charge >= 0.3 is 6.09 Å². The van der Waals surface area contributed by atoms with Gasteiger partial charge in [0.1, 0.15) is 11.4 Å². The molecule has 41 heavy (non-hydrogen) atoms. The van der Waals surface area contributed by atoms with Gasteiger partial charge in [-0.05, 0) is 94.7 Å². The highest BCUT2D eigenvalue weighted by Crippen LogP contribution is 2.42. The standard InChI is InChI=1S/C28H35N5O6S2/c1-15-16(2)24(17(3)18-12-13-28(4,5)39-23(15)18)41(37,38)33-26(29)30-14-8-10-20(32-27(35)36)22(34)25-31-19-9-6-7-11-21(19)40-25/h6-7,9,11,20,32H,8,10,12-14H2,1-5H3,(H,35,36)(H3,29,30,33)/t20-/m0/s1. The van der Waals surface area contributed by atoms with Crippen molar-refractivity contribution < 1.29 is 27.9 Å². The Morgan fingerprint density at radius 1 is 1.17 bits per heavy atom. The molecule has 0 fully saturated rings. The van der Waals surface area contributed by atoms with E-state index < -0.39 is 33.9 Å². The van der Waals surface area contributed by atoms with Crippen molar-refractivity contribution in [3.8, 4) is 5.75 Å². The molecule has 0 unspecified atom stereocenters. The molecule has 1 aromatic heterocycles. The van der Waals surface area contributed by atoms with E-state index in [4.69, 9.17) is 10.1 Å². The summed E-state index contributed by atoms with van der Waals surface area (Å²) in [5, 5.41) is 22.6. The minimum absolute atomic E-state index is 0.132. The number of sulfonamides is 1. The minimum atomic E-state index is -4.08. The van der Waals surface area contributed by atoms with Crippen molar-refractivity contribution in [1.82, 2.24) is 20.3 Å². The normalized spacial score (nSPS) is 15.0. The van der Waals surface area contributed by atoms with Gasteiger partial charge in [-0.1, -0.05) is 12.1 Å². The van der Waals surface area contributed by atoms with Gasteiger partial charge in [0, 0.05) is 6.54 Å². The number of benzene rings is 2. The Morgan fingerprint density at radius 3 is 2.56 bits per heavy atom. The molecule has 220 valence electrons. The molecule has 3 aromatic rings. The fourth-order valence-electron chi connectivity index (χ4n) is 5.04. The second-order valence-electron chi connectivity index (χ2n) is 10.8. The molecule has 11 nitrogen and oxygen atoms in total. The molecule has 0 bridgehead atoms. The lowest BCUT2D eigenvalue weighted by Crippen LogP contribution is -2.43. The number of rotatable bonds is 9. The summed E-state index contributed by atoms with van der Waals surface area (Å²) >= 11 is 1.19. The molecule has 5 N–H and O–H groups in total. The first-order valence-electron chi connectivity index (χ1n) is 13.3. The molecule has 2 heterocycles. The quantitative estimate of drug-likeness (QED) is 0.104. The Hall–Kier alpha value is -3.71. The molecule has 0 saturated carbocycles. The van der Waals surface area contributed by atoms with Crippen LogP contribution in [0.1, 0.15) is 65.2 Å². The summed E-state index contributed by atoms with van der Waals surface area (Å²) in [6.07, 6.45) is 0.529. The van der Waals surface area contributed by atoms with Gasteiger partial charge in [-0.25, -0.2) is 22.9 Å². The summed E-state index contributed by atoms with van der Waals surface area (Å²) in [5.74, 6) is -0.129. The summed E-state index contributed by atoms with van der Waals surface area (Å²) in [6, 6.07) is 6.23. The van der Waals surface area contributed by atoms with E-state index in [1.165, 1.54) is 11.3 Å². The highest BCUT2D eigenvalue weighted by Gasteiger charge is 2.33. The Morgan fingerprint density at radius 2 is 1.88 bits per heavy atom. The summed E-state index contributed by atoms with van der Waals surface area (Å²) in [5.41, 5.74) is 3.12. The van der Waals surface area contributed by atoms with Gasteiger partial charge in [-0.15, -0.1) is 11.3 Å². The van der Waals surface area contributed by atoms with E-state index in [0.29, 0.717) is 23.1 Å². The molecular weight excluding hydrogens is 566 g/mol. The Labute approximate surface area is 243 Å². The van der Waals surface area contributed by atoms with Crippen molar-refractivity contribution >= 4 is 49.4 Å². The molecule has 0 spiro atoms. The van der Waals surface area contributed by atoms with E-state index in [0.717, 1.165) is 28.0 Å². The van der Waals surface area contributed by atoms with E-state index in [9.17, 15) is 23.1 Å². The summed E-state index contributed by atoms with van der Waals surface area (Å²) in [6.45, 7) is 9.49. The molecule has 2 aromatic carbocycles. The van der Waals surface area contributed by atoms with Crippen LogP contribution in [0.2, 0.25) is 0 Å². The first kappa shape index (κ1) is 30.3. The third-order valence-corrected chi connectivity index (χ3v) is 9.94. The van der Waals surface area contributed by atoms with Gasteiger partial charge in [0.2, 0.25) is 11.7 Å². The third-order valence-electron chi connectivity index (χ3n) is 7.26. The van der Waals surface area contributed by atoms with Gasteiger partial charge in [-0.3, -0.25) is 10.2 Å². The van der Waals surface area contributed by atoms with Crippen molar-refractivity contribution in [3.05, 3.63) is 51.5 Å². The molecule has 0 radical (unpaired) electrons. The number of ether oxygens (including phenoxy) is 1. The third kappa shape index (κ3) is 6.62. The second-order valence-corrected chi connectivity index (χ2v) is 13.4. The minimum Gasteiger partial charge on any atom is -0.487 e. The maximum Gasteiger partial charge on any atom is 0.405 e. The Bertz CT molecular complexity index is 1600. The fraction of sp³-hybridized carbons (Fsp3) is 0.429. The molecule has 1 atom stereocenters. The lowest BCUT2D eigenvalue weighted by molar-refractivity contribution is 0.0831. The van der Waals surface area contributed by atoms with Crippen LogP contribution >= 0.6 is 11.3 Å². The summed E-state index contributed by atoms with van der Waals surface area (Å²) in [4.78, 5) is 28.8. The first-order valence-corrected chi connectivity index (χ1v) is 15.6. The van der Waals surface area contributed by atoms with Gasteiger partial charge in [-0.2, -0.15) is 0 Å². The van der Waals surface area contributed by atoms with Crippen LogP contribution in [0.15, 0.2) is 29.2 Å². The monoisotopic (exact) mass is 601 g/mol. The summed E-state index contributed by atoms with van der Waals surface area (Å²) < 4.78 is 36.1. The maximum absolute atomic E-state index is 13.4. The number of fused-ring (bicyclic) bond motifs is 2. The number of hydrogen-bond donors (Lipinski definition) is 5. The topological polar surface area (TPSA) is 171 Å². The van der Waals surface area contributed by atoms with Gasteiger partial charge < -0.3 is 20.5 Å². The number of carbonyl (C=O) groups is 2. The van der Waals surface area contributed by atoms with E-state index in [1.54, 1.807) is 19.9 Å². The number of nitrogens with one attached hydrogen (secondary N) is 4. The van der Waals surface area contributed by atoms with Crippen molar-refractivity contribution in [2.45, 2.75) is 76.8 Å². The zero-order valence-corrected chi connectivity index (χ0v) is 25.3. The van der Waals surface area contributed by atoms with E-state index in [-0.39, 0.29) is 34.9 Å². The van der Waals surface area contributed by atoms with Gasteiger partial charge in [0.05, 0.1) is 21.2 Å².